The molecule has 0 aliphatic rings. The Balaban J connectivity index is 1.96. The van der Waals surface area contributed by atoms with Crippen LogP contribution in [0.4, 0.5) is 16.2 Å². The minimum absolute atomic E-state index is 0.0474. The summed E-state index contributed by atoms with van der Waals surface area (Å²) in [5, 5.41) is 13.4. The Bertz CT molecular complexity index is 909. The number of aldehydes is 1. The summed E-state index contributed by atoms with van der Waals surface area (Å²) in [7, 11) is 0. The highest BCUT2D eigenvalue weighted by molar-refractivity contribution is 6.34. The lowest BCUT2D eigenvalue weighted by atomic mass is 10.2. The molecule has 0 saturated heterocycles. The van der Waals surface area contributed by atoms with Gasteiger partial charge in [0.05, 0.1) is 23.4 Å². The molecular formula is C19H20ClN3O6. The first-order chi connectivity index (χ1) is 13.6. The van der Waals surface area contributed by atoms with Gasteiger partial charge < -0.3 is 9.47 Å². The van der Waals surface area contributed by atoms with Crippen LogP contribution in [0.2, 0.25) is 5.02 Å². The Morgan fingerprint density at radius 2 is 2.07 bits per heavy atom. The average molecular weight is 422 g/mol. The number of nitrogens with zero attached hydrogens (tertiary/aromatic N) is 2. The summed E-state index contributed by atoms with van der Waals surface area (Å²) in [5.74, 6) is 0.0474. The average Bonchev–Trinajstić information content (AvgIpc) is 2.62. The van der Waals surface area contributed by atoms with Crippen LogP contribution in [0.1, 0.15) is 36.8 Å². The van der Waals surface area contributed by atoms with Crippen molar-refractivity contribution in [2.75, 3.05) is 11.9 Å². The predicted molar refractivity (Wildman–Crippen MR) is 107 cm³/mol. The van der Waals surface area contributed by atoms with Gasteiger partial charge in [0.2, 0.25) is 0 Å². The standard InChI is InChI=1S/C19H20ClN3O6/c1-19(2,3)29-18(25)22-14-5-4-13(21-10-14)6-7-28-16-9-12(11-24)8-15(17(16)20)23(26)27/h4-5,8-11H,6-7H2,1-3H3,(H,22,25). The minimum atomic E-state index is -0.680. The number of hydrogen-bond acceptors (Lipinski definition) is 7. The first kappa shape index (κ1) is 22.1. The molecule has 0 saturated carbocycles. The number of rotatable bonds is 7. The number of pyridine rings is 1. The lowest BCUT2D eigenvalue weighted by Gasteiger charge is -2.19. The number of carbonyl (C=O) groups is 2. The van der Waals surface area contributed by atoms with Crippen LogP contribution in [0.15, 0.2) is 30.5 Å². The Kier molecular flexibility index (Phi) is 7.11. The van der Waals surface area contributed by atoms with Gasteiger partial charge in [0, 0.05) is 23.7 Å². The summed E-state index contributed by atoms with van der Waals surface area (Å²) in [4.78, 5) is 37.2. The summed E-state index contributed by atoms with van der Waals surface area (Å²) >= 11 is 5.98. The quantitative estimate of drug-likeness (QED) is 0.399. The van der Waals surface area contributed by atoms with E-state index < -0.39 is 22.3 Å². The second-order valence-corrected chi connectivity index (χ2v) is 7.37. The van der Waals surface area contributed by atoms with E-state index in [1.807, 2.05) is 0 Å². The van der Waals surface area contributed by atoms with Crippen molar-refractivity contribution in [3.63, 3.8) is 0 Å². The van der Waals surface area contributed by atoms with Crippen molar-refractivity contribution in [3.8, 4) is 5.75 Å². The fourth-order valence-electron chi connectivity index (χ4n) is 2.24. The maximum Gasteiger partial charge on any atom is 0.412 e. The summed E-state index contributed by atoms with van der Waals surface area (Å²) in [6.07, 6.45) is 1.75. The van der Waals surface area contributed by atoms with Crippen LogP contribution in [-0.4, -0.2) is 34.5 Å². The Hall–Kier alpha value is -3.20. The molecule has 1 aromatic heterocycles. The largest absolute Gasteiger partial charge is 0.491 e. The van der Waals surface area contributed by atoms with Gasteiger partial charge in [-0.15, -0.1) is 0 Å². The van der Waals surface area contributed by atoms with Crippen LogP contribution in [0.5, 0.6) is 5.75 Å². The van der Waals surface area contributed by atoms with E-state index >= 15 is 0 Å². The molecular weight excluding hydrogens is 402 g/mol. The number of hydrogen-bond donors (Lipinski definition) is 1. The molecule has 1 amide bonds. The molecule has 1 heterocycles. The molecule has 1 N–H and O–H groups in total. The number of aromatic nitrogens is 1. The molecule has 1 aromatic carbocycles. The van der Waals surface area contributed by atoms with Gasteiger partial charge in [-0.05, 0) is 39.0 Å². The van der Waals surface area contributed by atoms with E-state index in [0.29, 0.717) is 24.1 Å². The molecule has 0 aliphatic carbocycles. The zero-order chi connectivity index (χ0) is 21.6. The van der Waals surface area contributed by atoms with Crippen LogP contribution in [0, 0.1) is 10.1 Å². The smallest absolute Gasteiger partial charge is 0.412 e. The van der Waals surface area contributed by atoms with Crippen molar-refractivity contribution in [2.45, 2.75) is 32.8 Å². The Morgan fingerprint density at radius 1 is 1.34 bits per heavy atom. The number of amides is 1. The SMILES string of the molecule is CC(C)(C)OC(=O)Nc1ccc(CCOc2cc(C=O)cc([N+](=O)[O-])c2Cl)nc1. The van der Waals surface area contributed by atoms with E-state index in [4.69, 9.17) is 21.1 Å². The van der Waals surface area contributed by atoms with Crippen molar-refractivity contribution >= 4 is 35.4 Å². The number of anilines is 1. The summed E-state index contributed by atoms with van der Waals surface area (Å²) in [6, 6.07) is 5.78. The van der Waals surface area contributed by atoms with Gasteiger partial charge in [-0.2, -0.15) is 0 Å². The van der Waals surface area contributed by atoms with Gasteiger partial charge in [-0.25, -0.2) is 4.79 Å². The molecule has 0 aliphatic heterocycles. The minimum Gasteiger partial charge on any atom is -0.491 e. The molecule has 9 nitrogen and oxygen atoms in total. The maximum atomic E-state index is 11.7. The Labute approximate surface area is 172 Å². The fourth-order valence-corrected chi connectivity index (χ4v) is 2.48. The van der Waals surface area contributed by atoms with Gasteiger partial charge in [-0.3, -0.25) is 25.2 Å². The highest BCUT2D eigenvalue weighted by Gasteiger charge is 2.19. The van der Waals surface area contributed by atoms with E-state index in [0.717, 1.165) is 6.07 Å². The number of nitrogens with one attached hydrogen (secondary N) is 1. The monoisotopic (exact) mass is 421 g/mol. The van der Waals surface area contributed by atoms with Gasteiger partial charge in [0.1, 0.15) is 17.6 Å². The number of nitro groups is 1. The van der Waals surface area contributed by atoms with E-state index in [9.17, 15) is 19.7 Å². The topological polar surface area (TPSA) is 121 Å². The van der Waals surface area contributed by atoms with Crippen LogP contribution in [0.3, 0.4) is 0 Å². The molecule has 0 unspecified atom stereocenters. The van der Waals surface area contributed by atoms with E-state index in [1.165, 1.54) is 12.3 Å². The number of ether oxygens (including phenoxy) is 2. The number of carbonyl (C=O) groups excluding carboxylic acids is 2. The number of halogens is 1. The molecule has 0 atom stereocenters. The molecule has 0 radical (unpaired) electrons. The summed E-state index contributed by atoms with van der Waals surface area (Å²) in [6.45, 7) is 5.42. The first-order valence-corrected chi connectivity index (χ1v) is 8.97. The Morgan fingerprint density at radius 3 is 2.62 bits per heavy atom. The van der Waals surface area contributed by atoms with Gasteiger partial charge in [0.15, 0.2) is 5.02 Å². The zero-order valence-corrected chi connectivity index (χ0v) is 16.9. The second-order valence-electron chi connectivity index (χ2n) is 6.99. The molecule has 2 rings (SSSR count). The van der Waals surface area contributed by atoms with E-state index in [1.54, 1.807) is 32.9 Å². The van der Waals surface area contributed by atoms with Gasteiger partial charge in [-0.1, -0.05) is 11.6 Å². The third-order valence-electron chi connectivity index (χ3n) is 3.46. The van der Waals surface area contributed by atoms with Gasteiger partial charge >= 0.3 is 6.09 Å². The summed E-state index contributed by atoms with van der Waals surface area (Å²) < 4.78 is 10.7. The van der Waals surface area contributed by atoms with Crippen molar-refractivity contribution in [2.24, 2.45) is 0 Å². The van der Waals surface area contributed by atoms with Crippen LogP contribution in [-0.2, 0) is 11.2 Å². The first-order valence-electron chi connectivity index (χ1n) is 8.60. The van der Waals surface area contributed by atoms with Crippen LogP contribution >= 0.6 is 11.6 Å². The molecule has 0 spiro atoms. The summed E-state index contributed by atoms with van der Waals surface area (Å²) in [5.41, 5.74) is 0.221. The normalized spacial score (nSPS) is 10.9. The lowest BCUT2D eigenvalue weighted by molar-refractivity contribution is -0.384. The van der Waals surface area contributed by atoms with Gasteiger partial charge in [0.25, 0.3) is 5.69 Å². The number of benzene rings is 1. The fraction of sp³-hybridized carbons (Fsp3) is 0.316. The van der Waals surface area contributed by atoms with Crippen molar-refractivity contribution in [1.29, 1.82) is 0 Å². The van der Waals surface area contributed by atoms with Crippen molar-refractivity contribution in [1.82, 2.24) is 4.98 Å². The van der Waals surface area contributed by atoms with E-state index in [2.05, 4.69) is 10.3 Å². The third-order valence-corrected chi connectivity index (χ3v) is 3.84. The molecule has 10 heteroatoms. The maximum absolute atomic E-state index is 11.7. The lowest BCUT2D eigenvalue weighted by Crippen LogP contribution is -2.27. The van der Waals surface area contributed by atoms with Crippen LogP contribution < -0.4 is 10.1 Å². The molecule has 0 fully saturated rings. The second kappa shape index (κ2) is 9.33. The van der Waals surface area contributed by atoms with Crippen molar-refractivity contribution < 1.29 is 24.0 Å². The molecule has 0 bridgehead atoms. The van der Waals surface area contributed by atoms with E-state index in [-0.39, 0.29) is 22.9 Å². The van der Waals surface area contributed by atoms with Crippen LogP contribution in [0.25, 0.3) is 0 Å². The highest BCUT2D eigenvalue weighted by atomic mass is 35.5. The predicted octanol–water partition coefficient (Wildman–Crippen LogP) is 4.42. The van der Waals surface area contributed by atoms with Crippen molar-refractivity contribution in [3.05, 3.63) is 56.9 Å². The number of nitro benzene ring substituents is 1. The molecule has 154 valence electrons. The third kappa shape index (κ3) is 6.72. The zero-order valence-electron chi connectivity index (χ0n) is 16.1. The molecule has 2 aromatic rings. The molecule has 29 heavy (non-hydrogen) atoms. The highest BCUT2D eigenvalue weighted by Crippen LogP contribution is 2.35.